The standard InChI is InChI=1S/C61H115NO5/c1-3-5-7-9-11-13-15-16-17-18-19-20-21-22-24-27-30-34-37-41-45-49-53-59(64)58(57-63)62-60(65)54-50-46-42-38-35-31-28-25-23-26-29-32-36-40-44-48-52-56-67-61(66)55-51-47-43-39-33-14-12-10-8-6-4-2/h23,26,32,36,49,53,58-59,63-64H,3-22,24-25,27-31,33-35,37-48,50-52,54-57H2,1-2H3,(H,62,65)/b26-23-,36-32-,53-49+. The van der Waals surface area contributed by atoms with Gasteiger partial charge in [-0.1, -0.05) is 269 Å². The second-order valence-electron chi connectivity index (χ2n) is 20.3. The van der Waals surface area contributed by atoms with Crippen molar-refractivity contribution < 1.29 is 24.5 Å². The number of allylic oxidation sites excluding steroid dienone is 5. The lowest BCUT2D eigenvalue weighted by atomic mass is 10.0. The van der Waals surface area contributed by atoms with Crippen LogP contribution in [0.15, 0.2) is 36.5 Å². The summed E-state index contributed by atoms with van der Waals surface area (Å²) >= 11 is 0. The molecule has 0 aliphatic carbocycles. The first-order valence-corrected chi connectivity index (χ1v) is 29.8. The number of aliphatic hydroxyl groups excluding tert-OH is 2. The minimum Gasteiger partial charge on any atom is -0.466 e. The number of hydrogen-bond acceptors (Lipinski definition) is 5. The molecule has 67 heavy (non-hydrogen) atoms. The smallest absolute Gasteiger partial charge is 0.305 e. The summed E-state index contributed by atoms with van der Waals surface area (Å²) in [5.41, 5.74) is 0. The zero-order chi connectivity index (χ0) is 48.6. The molecule has 0 aromatic rings. The quantitative estimate of drug-likeness (QED) is 0.0321. The van der Waals surface area contributed by atoms with Crippen LogP contribution < -0.4 is 5.32 Å². The van der Waals surface area contributed by atoms with Crippen LogP contribution in [0.1, 0.15) is 316 Å². The molecular weight excluding hydrogens is 827 g/mol. The summed E-state index contributed by atoms with van der Waals surface area (Å²) < 4.78 is 5.43. The van der Waals surface area contributed by atoms with Crippen molar-refractivity contribution in [1.29, 1.82) is 0 Å². The van der Waals surface area contributed by atoms with Gasteiger partial charge in [-0.3, -0.25) is 9.59 Å². The van der Waals surface area contributed by atoms with E-state index >= 15 is 0 Å². The number of amides is 1. The molecule has 0 aromatic heterocycles. The number of unbranched alkanes of at least 4 members (excludes halogenated alkanes) is 40. The molecule has 3 N–H and O–H groups in total. The van der Waals surface area contributed by atoms with E-state index in [4.69, 9.17) is 4.74 Å². The fourth-order valence-electron chi connectivity index (χ4n) is 9.08. The van der Waals surface area contributed by atoms with Gasteiger partial charge in [0.15, 0.2) is 0 Å². The lowest BCUT2D eigenvalue weighted by Crippen LogP contribution is -2.45. The third-order valence-electron chi connectivity index (χ3n) is 13.7. The summed E-state index contributed by atoms with van der Waals surface area (Å²) in [4.78, 5) is 24.5. The molecule has 0 radical (unpaired) electrons. The Labute approximate surface area is 417 Å². The van der Waals surface area contributed by atoms with Crippen LogP contribution in [0.2, 0.25) is 0 Å². The highest BCUT2D eigenvalue weighted by Gasteiger charge is 2.18. The Morgan fingerprint density at radius 2 is 0.746 bits per heavy atom. The molecule has 0 fully saturated rings. The first kappa shape index (κ1) is 65.1. The fraction of sp³-hybridized carbons (Fsp3) is 0.869. The van der Waals surface area contributed by atoms with Crippen molar-refractivity contribution in [2.24, 2.45) is 0 Å². The van der Waals surface area contributed by atoms with Crippen LogP contribution in [0.4, 0.5) is 0 Å². The minimum absolute atomic E-state index is 0.0166. The third kappa shape index (κ3) is 53.3. The molecule has 0 heterocycles. The number of rotatable bonds is 55. The van der Waals surface area contributed by atoms with Crippen LogP contribution in [0, 0.1) is 0 Å². The zero-order valence-electron chi connectivity index (χ0n) is 44.9. The van der Waals surface area contributed by atoms with E-state index < -0.39 is 12.1 Å². The van der Waals surface area contributed by atoms with Gasteiger partial charge in [0, 0.05) is 12.8 Å². The number of esters is 1. The molecule has 2 unspecified atom stereocenters. The van der Waals surface area contributed by atoms with Crippen LogP contribution in [-0.4, -0.2) is 47.4 Å². The number of aliphatic hydroxyl groups is 2. The molecule has 0 aliphatic rings. The average Bonchev–Trinajstić information content (AvgIpc) is 3.33. The Hall–Kier alpha value is -1.92. The normalized spacial score (nSPS) is 12.8. The van der Waals surface area contributed by atoms with E-state index in [9.17, 15) is 19.8 Å². The number of carbonyl (C=O) groups excluding carboxylic acids is 2. The fourth-order valence-corrected chi connectivity index (χ4v) is 9.08. The summed E-state index contributed by atoms with van der Waals surface area (Å²) in [6, 6.07) is -0.641. The van der Waals surface area contributed by atoms with Gasteiger partial charge in [0.25, 0.3) is 0 Å². The lowest BCUT2D eigenvalue weighted by molar-refractivity contribution is -0.143. The van der Waals surface area contributed by atoms with Gasteiger partial charge in [0.05, 0.1) is 25.4 Å². The molecule has 394 valence electrons. The van der Waals surface area contributed by atoms with E-state index in [1.807, 2.05) is 6.08 Å². The highest BCUT2D eigenvalue weighted by Crippen LogP contribution is 2.17. The van der Waals surface area contributed by atoms with Crippen molar-refractivity contribution in [2.75, 3.05) is 13.2 Å². The molecule has 1 amide bonds. The molecule has 6 nitrogen and oxygen atoms in total. The first-order chi connectivity index (χ1) is 33.0. The van der Waals surface area contributed by atoms with E-state index in [1.165, 1.54) is 205 Å². The Morgan fingerprint density at radius 1 is 0.418 bits per heavy atom. The van der Waals surface area contributed by atoms with Crippen LogP contribution >= 0.6 is 0 Å². The molecule has 0 saturated heterocycles. The topological polar surface area (TPSA) is 95.9 Å². The summed E-state index contributed by atoms with van der Waals surface area (Å²) in [6.07, 6.45) is 70.3. The second kappa shape index (κ2) is 56.7. The average molecular weight is 943 g/mol. The molecule has 2 atom stereocenters. The predicted octanol–water partition coefficient (Wildman–Crippen LogP) is 18.4. The SMILES string of the molecule is CCCCCCCCCCCCCCCCCCCCCC/C=C/C(O)C(CO)NC(=O)CCCCCCCCC/C=C\C/C=C\CCCCCOC(=O)CCCCCCCCCCCCC. The lowest BCUT2D eigenvalue weighted by Gasteiger charge is -2.20. The summed E-state index contributed by atoms with van der Waals surface area (Å²) in [5.74, 6) is -0.0985. The van der Waals surface area contributed by atoms with Gasteiger partial charge in [0.1, 0.15) is 0 Å². The van der Waals surface area contributed by atoms with Crippen LogP contribution in [0.5, 0.6) is 0 Å². The second-order valence-corrected chi connectivity index (χ2v) is 20.3. The van der Waals surface area contributed by atoms with Crippen LogP contribution in [0.3, 0.4) is 0 Å². The van der Waals surface area contributed by atoms with Gasteiger partial charge in [-0.2, -0.15) is 0 Å². The van der Waals surface area contributed by atoms with Gasteiger partial charge in [-0.25, -0.2) is 0 Å². The van der Waals surface area contributed by atoms with Crippen molar-refractivity contribution in [3.05, 3.63) is 36.5 Å². The first-order valence-electron chi connectivity index (χ1n) is 29.8. The van der Waals surface area contributed by atoms with Gasteiger partial charge >= 0.3 is 5.97 Å². The number of hydrogen-bond donors (Lipinski definition) is 3. The molecule has 0 aromatic carbocycles. The van der Waals surface area contributed by atoms with Crippen LogP contribution in [0.25, 0.3) is 0 Å². The summed E-state index contributed by atoms with van der Waals surface area (Å²) in [6.45, 7) is 4.87. The van der Waals surface area contributed by atoms with E-state index in [0.717, 1.165) is 83.5 Å². The molecule has 0 saturated carbocycles. The van der Waals surface area contributed by atoms with Crippen LogP contribution in [-0.2, 0) is 14.3 Å². The Kier molecular flexibility index (Phi) is 55.0. The van der Waals surface area contributed by atoms with Crippen molar-refractivity contribution in [3.63, 3.8) is 0 Å². The highest BCUT2D eigenvalue weighted by molar-refractivity contribution is 5.76. The number of nitrogens with one attached hydrogen (secondary N) is 1. The van der Waals surface area contributed by atoms with Crippen molar-refractivity contribution in [1.82, 2.24) is 5.32 Å². The molecule has 0 aliphatic heterocycles. The predicted molar refractivity (Wildman–Crippen MR) is 292 cm³/mol. The van der Waals surface area contributed by atoms with E-state index in [1.54, 1.807) is 6.08 Å². The maximum absolute atomic E-state index is 12.5. The highest BCUT2D eigenvalue weighted by atomic mass is 16.5. The third-order valence-corrected chi connectivity index (χ3v) is 13.7. The van der Waals surface area contributed by atoms with Crippen molar-refractivity contribution in [2.45, 2.75) is 328 Å². The maximum Gasteiger partial charge on any atom is 0.305 e. The van der Waals surface area contributed by atoms with Crippen molar-refractivity contribution >= 4 is 11.9 Å². The molecule has 6 heteroatoms. The minimum atomic E-state index is -0.856. The van der Waals surface area contributed by atoms with E-state index in [2.05, 4.69) is 43.5 Å². The molecule has 0 spiro atoms. The molecular formula is C61H115NO5. The Morgan fingerprint density at radius 3 is 1.13 bits per heavy atom. The van der Waals surface area contributed by atoms with Gasteiger partial charge < -0.3 is 20.3 Å². The van der Waals surface area contributed by atoms with Gasteiger partial charge in [-0.05, 0) is 70.6 Å². The number of ether oxygens (including phenoxy) is 1. The van der Waals surface area contributed by atoms with Gasteiger partial charge in [-0.15, -0.1) is 0 Å². The Bertz CT molecular complexity index is 1090. The van der Waals surface area contributed by atoms with E-state index in [0.29, 0.717) is 19.4 Å². The monoisotopic (exact) mass is 942 g/mol. The Balaban J connectivity index is 3.53. The molecule has 0 bridgehead atoms. The molecule has 0 rings (SSSR count). The summed E-state index contributed by atoms with van der Waals surface area (Å²) in [7, 11) is 0. The number of carbonyl (C=O) groups is 2. The maximum atomic E-state index is 12.5. The van der Waals surface area contributed by atoms with Crippen molar-refractivity contribution in [3.8, 4) is 0 Å². The van der Waals surface area contributed by atoms with E-state index in [-0.39, 0.29) is 18.5 Å². The zero-order valence-corrected chi connectivity index (χ0v) is 44.9. The summed E-state index contributed by atoms with van der Waals surface area (Å²) in [5, 5.41) is 23.2. The largest absolute Gasteiger partial charge is 0.466 e. The van der Waals surface area contributed by atoms with Gasteiger partial charge in [0.2, 0.25) is 5.91 Å².